The summed E-state index contributed by atoms with van der Waals surface area (Å²) in [6.45, 7) is 6.66. The fourth-order valence-corrected chi connectivity index (χ4v) is 4.59. The number of hydrogen-bond acceptors (Lipinski definition) is 5. The van der Waals surface area contributed by atoms with Crippen LogP contribution in [0.15, 0.2) is 18.3 Å². The third-order valence-corrected chi connectivity index (χ3v) is 5.79. The van der Waals surface area contributed by atoms with Crippen LogP contribution in [0.5, 0.6) is 5.88 Å². The molecule has 1 amide bonds. The maximum atomic E-state index is 12.7. The van der Waals surface area contributed by atoms with E-state index in [-0.39, 0.29) is 18.0 Å². The molecule has 3 atom stereocenters. The Bertz CT molecular complexity index is 650. The molecule has 0 N–H and O–H groups in total. The Morgan fingerprint density at radius 2 is 2.33 bits per heavy atom. The Balaban J connectivity index is 1.59. The van der Waals surface area contributed by atoms with E-state index in [2.05, 4.69) is 28.6 Å². The molecule has 3 saturated heterocycles. The van der Waals surface area contributed by atoms with Gasteiger partial charge in [-0.2, -0.15) is 0 Å². The van der Waals surface area contributed by atoms with Gasteiger partial charge < -0.3 is 14.4 Å². The van der Waals surface area contributed by atoms with Crippen molar-refractivity contribution in [1.29, 1.82) is 0 Å². The minimum Gasteiger partial charge on any atom is -0.481 e. The number of methoxy groups -OCH3 is 1. The highest BCUT2D eigenvalue weighted by Crippen LogP contribution is 2.49. The summed E-state index contributed by atoms with van der Waals surface area (Å²) in [4.78, 5) is 21.4. The molecule has 6 heteroatoms. The van der Waals surface area contributed by atoms with Crippen molar-refractivity contribution in [2.24, 2.45) is 5.92 Å². The molecule has 3 fully saturated rings. The summed E-state index contributed by atoms with van der Waals surface area (Å²) in [5.41, 5.74) is 0.642. The number of carbonyl (C=O) groups is 1. The number of likely N-dealkylation sites (tertiary alicyclic amines) is 1. The molecule has 0 bridgehead atoms. The highest BCUT2D eigenvalue weighted by molar-refractivity contribution is 5.82. The van der Waals surface area contributed by atoms with E-state index in [4.69, 9.17) is 9.47 Å². The van der Waals surface area contributed by atoms with E-state index in [0.29, 0.717) is 24.8 Å². The van der Waals surface area contributed by atoms with Gasteiger partial charge in [0.05, 0.1) is 25.8 Å². The summed E-state index contributed by atoms with van der Waals surface area (Å²) >= 11 is 0. The third-order valence-electron chi connectivity index (χ3n) is 5.79. The van der Waals surface area contributed by atoms with Crippen molar-refractivity contribution >= 4 is 5.91 Å². The standard InChI is InChI=1S/C18H25N3O3/c1-12(2)14-11-24-18-6-8-20(15(18)9-16(22)21(14)18)10-13-5-4-7-19-17(13)23-3/h4-5,7,12,14-15H,6,8-11H2,1-3H3/t14-,15+,18-/m0/s1. The van der Waals surface area contributed by atoms with E-state index < -0.39 is 5.72 Å². The molecule has 0 radical (unpaired) electrons. The molecule has 4 heterocycles. The summed E-state index contributed by atoms with van der Waals surface area (Å²) in [6, 6.07) is 4.29. The number of hydrogen-bond donors (Lipinski definition) is 0. The van der Waals surface area contributed by atoms with Crippen LogP contribution in [-0.4, -0.2) is 58.8 Å². The molecule has 1 spiro atoms. The minimum absolute atomic E-state index is 0.124. The average molecular weight is 331 g/mol. The summed E-state index contributed by atoms with van der Waals surface area (Å²) in [5.74, 6) is 1.31. The Labute approximate surface area is 142 Å². The highest BCUT2D eigenvalue weighted by atomic mass is 16.5. The number of pyridine rings is 1. The normalized spacial score (nSPS) is 32.5. The number of rotatable bonds is 4. The number of amides is 1. The van der Waals surface area contributed by atoms with Gasteiger partial charge in [0.1, 0.15) is 0 Å². The summed E-state index contributed by atoms with van der Waals surface area (Å²) < 4.78 is 11.6. The van der Waals surface area contributed by atoms with Crippen LogP contribution in [0.2, 0.25) is 0 Å². The Hall–Kier alpha value is -1.66. The molecular formula is C18H25N3O3. The van der Waals surface area contributed by atoms with E-state index in [1.54, 1.807) is 13.3 Å². The fourth-order valence-electron chi connectivity index (χ4n) is 4.59. The lowest BCUT2D eigenvalue weighted by atomic mass is 10.0. The molecule has 0 aromatic carbocycles. The van der Waals surface area contributed by atoms with Crippen LogP contribution < -0.4 is 4.74 Å². The lowest BCUT2D eigenvalue weighted by Gasteiger charge is -2.34. The SMILES string of the molecule is COc1ncccc1CN1CC[C@@]23OC[C@@H](C(C)C)N2C(=O)C[C@@H]13. The minimum atomic E-state index is -0.415. The van der Waals surface area contributed by atoms with E-state index in [0.717, 1.165) is 25.1 Å². The van der Waals surface area contributed by atoms with Crippen LogP contribution in [0.3, 0.4) is 0 Å². The highest BCUT2D eigenvalue weighted by Gasteiger charge is 2.64. The molecule has 24 heavy (non-hydrogen) atoms. The second-order valence-corrected chi connectivity index (χ2v) is 7.34. The van der Waals surface area contributed by atoms with E-state index in [9.17, 15) is 4.79 Å². The second-order valence-electron chi connectivity index (χ2n) is 7.34. The van der Waals surface area contributed by atoms with Crippen LogP contribution in [0.1, 0.15) is 32.3 Å². The Kier molecular flexibility index (Phi) is 3.77. The summed E-state index contributed by atoms with van der Waals surface area (Å²) in [5, 5.41) is 0. The molecule has 0 saturated carbocycles. The van der Waals surface area contributed by atoms with Crippen molar-refractivity contribution in [3.05, 3.63) is 23.9 Å². The first-order chi connectivity index (χ1) is 11.6. The van der Waals surface area contributed by atoms with Gasteiger partial charge in [0.25, 0.3) is 0 Å². The number of nitrogens with zero attached hydrogens (tertiary/aromatic N) is 3. The van der Waals surface area contributed by atoms with Crippen molar-refractivity contribution in [3.8, 4) is 5.88 Å². The maximum absolute atomic E-state index is 12.7. The Morgan fingerprint density at radius 3 is 3.08 bits per heavy atom. The van der Waals surface area contributed by atoms with Crippen molar-refractivity contribution in [1.82, 2.24) is 14.8 Å². The molecule has 4 rings (SSSR count). The van der Waals surface area contributed by atoms with E-state index in [1.165, 1.54) is 0 Å². The molecule has 3 aliphatic heterocycles. The van der Waals surface area contributed by atoms with Crippen LogP contribution in [-0.2, 0) is 16.1 Å². The summed E-state index contributed by atoms with van der Waals surface area (Å²) in [7, 11) is 1.64. The van der Waals surface area contributed by atoms with Gasteiger partial charge in [0.2, 0.25) is 11.8 Å². The van der Waals surface area contributed by atoms with Gasteiger partial charge in [0.15, 0.2) is 5.72 Å². The zero-order valence-electron chi connectivity index (χ0n) is 14.6. The smallest absolute Gasteiger partial charge is 0.226 e. The summed E-state index contributed by atoms with van der Waals surface area (Å²) in [6.07, 6.45) is 3.17. The first-order valence-corrected chi connectivity index (χ1v) is 8.75. The van der Waals surface area contributed by atoms with Gasteiger partial charge in [-0.15, -0.1) is 0 Å². The predicted octanol–water partition coefficient (Wildman–Crippen LogP) is 1.65. The molecule has 1 aromatic rings. The first kappa shape index (κ1) is 15.8. The van der Waals surface area contributed by atoms with Gasteiger partial charge in [-0.25, -0.2) is 4.98 Å². The largest absolute Gasteiger partial charge is 0.481 e. The molecule has 6 nitrogen and oxygen atoms in total. The van der Waals surface area contributed by atoms with E-state index >= 15 is 0 Å². The van der Waals surface area contributed by atoms with E-state index in [1.807, 2.05) is 12.1 Å². The van der Waals surface area contributed by atoms with Crippen LogP contribution >= 0.6 is 0 Å². The number of ether oxygens (including phenoxy) is 2. The van der Waals surface area contributed by atoms with Gasteiger partial charge in [0, 0.05) is 37.7 Å². The molecule has 0 aliphatic carbocycles. The van der Waals surface area contributed by atoms with Crippen molar-refractivity contribution < 1.29 is 14.3 Å². The lowest BCUT2D eigenvalue weighted by molar-refractivity contribution is -0.139. The van der Waals surface area contributed by atoms with Gasteiger partial charge in [-0.1, -0.05) is 19.9 Å². The van der Waals surface area contributed by atoms with Gasteiger partial charge in [-0.05, 0) is 12.0 Å². The van der Waals surface area contributed by atoms with Crippen LogP contribution in [0.25, 0.3) is 0 Å². The van der Waals surface area contributed by atoms with Crippen LogP contribution in [0, 0.1) is 5.92 Å². The maximum Gasteiger partial charge on any atom is 0.226 e. The zero-order valence-corrected chi connectivity index (χ0v) is 14.6. The number of aromatic nitrogens is 1. The zero-order chi connectivity index (χ0) is 16.9. The van der Waals surface area contributed by atoms with Crippen LogP contribution in [0.4, 0.5) is 0 Å². The molecule has 130 valence electrons. The molecular weight excluding hydrogens is 306 g/mol. The molecule has 0 unspecified atom stereocenters. The lowest BCUT2D eigenvalue weighted by Crippen LogP contribution is -2.50. The first-order valence-electron chi connectivity index (χ1n) is 8.75. The number of carbonyl (C=O) groups excluding carboxylic acids is 1. The van der Waals surface area contributed by atoms with Crippen molar-refractivity contribution in [3.63, 3.8) is 0 Å². The predicted molar refractivity (Wildman–Crippen MR) is 88.4 cm³/mol. The monoisotopic (exact) mass is 331 g/mol. The topological polar surface area (TPSA) is 54.9 Å². The van der Waals surface area contributed by atoms with Crippen molar-refractivity contribution in [2.45, 2.75) is 51.0 Å². The fraction of sp³-hybridized carbons (Fsp3) is 0.667. The average Bonchev–Trinajstić information content (AvgIpc) is 3.19. The van der Waals surface area contributed by atoms with Gasteiger partial charge >= 0.3 is 0 Å². The quantitative estimate of drug-likeness (QED) is 0.840. The Morgan fingerprint density at radius 1 is 1.50 bits per heavy atom. The third kappa shape index (κ3) is 2.16. The van der Waals surface area contributed by atoms with Gasteiger partial charge in [-0.3, -0.25) is 9.69 Å². The molecule has 1 aromatic heterocycles. The van der Waals surface area contributed by atoms with Crippen molar-refractivity contribution in [2.75, 3.05) is 20.3 Å². The molecule has 3 aliphatic rings. The second kappa shape index (κ2) is 5.70.